The van der Waals surface area contributed by atoms with Crippen molar-refractivity contribution in [3.8, 4) is 0 Å². The highest BCUT2D eigenvalue weighted by molar-refractivity contribution is 7.09. The molecule has 2 aromatic heterocycles. The standard InChI is InChI=1S/C16H21N5OS/c1-11(16-20-19-14-6-4-3-5-9-21(14)16)17-15(22)8-7-13-10-23-12(2)18-13/h7-8,10-11H,3-6,9H2,1-2H3,(H,17,22)/b8-7+/t11-/m0/s1. The number of nitrogens with one attached hydrogen (secondary N) is 1. The zero-order chi connectivity index (χ0) is 16.2. The van der Waals surface area contributed by atoms with Crippen molar-refractivity contribution in [3.63, 3.8) is 0 Å². The van der Waals surface area contributed by atoms with Crippen molar-refractivity contribution in [2.45, 2.75) is 52.1 Å². The summed E-state index contributed by atoms with van der Waals surface area (Å²) in [5.74, 6) is 1.73. The maximum absolute atomic E-state index is 12.1. The molecule has 0 aromatic carbocycles. The van der Waals surface area contributed by atoms with E-state index in [1.807, 2.05) is 19.2 Å². The van der Waals surface area contributed by atoms with Crippen LogP contribution in [0.15, 0.2) is 11.5 Å². The van der Waals surface area contributed by atoms with E-state index in [9.17, 15) is 4.79 Å². The number of fused-ring (bicyclic) bond motifs is 1. The largest absolute Gasteiger partial charge is 0.343 e. The van der Waals surface area contributed by atoms with Crippen molar-refractivity contribution in [3.05, 3.63) is 33.8 Å². The first-order valence-corrected chi connectivity index (χ1v) is 8.84. The summed E-state index contributed by atoms with van der Waals surface area (Å²) in [6.45, 7) is 4.83. The molecule has 0 saturated heterocycles. The second kappa shape index (κ2) is 7.04. The monoisotopic (exact) mass is 331 g/mol. The highest BCUT2D eigenvalue weighted by Crippen LogP contribution is 2.18. The Morgan fingerprint density at radius 1 is 1.39 bits per heavy atom. The Balaban J connectivity index is 1.64. The Bertz CT molecular complexity index is 718. The first-order valence-electron chi connectivity index (χ1n) is 7.96. The van der Waals surface area contributed by atoms with Crippen molar-refractivity contribution in [2.75, 3.05) is 0 Å². The van der Waals surface area contributed by atoms with Gasteiger partial charge in [-0.2, -0.15) is 0 Å². The second-order valence-corrected chi connectivity index (χ2v) is 6.85. The number of carbonyl (C=O) groups excluding carboxylic acids is 1. The van der Waals surface area contributed by atoms with Crippen LogP contribution in [0.2, 0.25) is 0 Å². The van der Waals surface area contributed by atoms with Gasteiger partial charge in [0.15, 0.2) is 5.82 Å². The molecule has 0 saturated carbocycles. The van der Waals surface area contributed by atoms with Crippen molar-refractivity contribution >= 4 is 23.3 Å². The summed E-state index contributed by atoms with van der Waals surface area (Å²) in [6.07, 6.45) is 7.74. The smallest absolute Gasteiger partial charge is 0.244 e. The molecule has 6 nitrogen and oxygen atoms in total. The normalized spacial score (nSPS) is 16.1. The van der Waals surface area contributed by atoms with Crippen LogP contribution in [0.5, 0.6) is 0 Å². The minimum Gasteiger partial charge on any atom is -0.343 e. The molecule has 1 amide bonds. The van der Waals surface area contributed by atoms with Crippen LogP contribution >= 0.6 is 11.3 Å². The summed E-state index contributed by atoms with van der Waals surface area (Å²) >= 11 is 1.57. The van der Waals surface area contributed by atoms with Gasteiger partial charge in [0.05, 0.1) is 16.7 Å². The predicted octanol–water partition coefficient (Wildman–Crippen LogP) is 2.66. The third-order valence-electron chi connectivity index (χ3n) is 3.93. The molecule has 3 heterocycles. The molecule has 0 fully saturated rings. The number of hydrogen-bond acceptors (Lipinski definition) is 5. The van der Waals surface area contributed by atoms with Crippen LogP contribution in [-0.2, 0) is 17.8 Å². The molecule has 122 valence electrons. The number of aryl methyl sites for hydroxylation is 2. The Morgan fingerprint density at radius 2 is 2.26 bits per heavy atom. The molecular formula is C16H21N5OS. The van der Waals surface area contributed by atoms with E-state index in [4.69, 9.17) is 0 Å². The number of nitrogens with zero attached hydrogens (tertiary/aromatic N) is 4. The third-order valence-corrected chi connectivity index (χ3v) is 4.72. The van der Waals surface area contributed by atoms with Gasteiger partial charge in [0.1, 0.15) is 5.82 Å². The molecule has 1 aliphatic rings. The lowest BCUT2D eigenvalue weighted by atomic mass is 10.2. The van der Waals surface area contributed by atoms with Gasteiger partial charge in [0.25, 0.3) is 0 Å². The summed E-state index contributed by atoms with van der Waals surface area (Å²) < 4.78 is 2.16. The van der Waals surface area contributed by atoms with Gasteiger partial charge in [-0.25, -0.2) is 4.98 Å². The summed E-state index contributed by atoms with van der Waals surface area (Å²) in [5.41, 5.74) is 0.812. The average Bonchev–Trinajstić information content (AvgIpc) is 3.05. The van der Waals surface area contributed by atoms with Crippen LogP contribution in [-0.4, -0.2) is 25.7 Å². The van der Waals surface area contributed by atoms with E-state index in [1.54, 1.807) is 17.4 Å². The van der Waals surface area contributed by atoms with Gasteiger partial charge < -0.3 is 9.88 Å². The average molecular weight is 331 g/mol. The van der Waals surface area contributed by atoms with Gasteiger partial charge >= 0.3 is 0 Å². The molecule has 7 heteroatoms. The summed E-state index contributed by atoms with van der Waals surface area (Å²) in [6, 6.07) is -0.163. The van der Waals surface area contributed by atoms with Gasteiger partial charge in [-0.15, -0.1) is 21.5 Å². The number of hydrogen-bond donors (Lipinski definition) is 1. The quantitative estimate of drug-likeness (QED) is 0.874. The van der Waals surface area contributed by atoms with Crippen LogP contribution in [0.4, 0.5) is 0 Å². The summed E-state index contributed by atoms with van der Waals surface area (Å²) in [7, 11) is 0. The maximum atomic E-state index is 12.1. The van der Waals surface area contributed by atoms with E-state index in [0.29, 0.717) is 0 Å². The zero-order valence-electron chi connectivity index (χ0n) is 13.5. The van der Waals surface area contributed by atoms with Gasteiger partial charge in [0, 0.05) is 24.4 Å². The molecule has 0 spiro atoms. The maximum Gasteiger partial charge on any atom is 0.244 e. The molecular weight excluding hydrogens is 310 g/mol. The molecule has 1 aliphatic heterocycles. The molecule has 0 aliphatic carbocycles. The predicted molar refractivity (Wildman–Crippen MR) is 90.0 cm³/mol. The first kappa shape index (κ1) is 15.9. The zero-order valence-corrected chi connectivity index (χ0v) is 14.3. The second-order valence-electron chi connectivity index (χ2n) is 5.79. The highest BCUT2D eigenvalue weighted by Gasteiger charge is 2.19. The van der Waals surface area contributed by atoms with E-state index in [1.165, 1.54) is 12.5 Å². The van der Waals surface area contributed by atoms with Crippen molar-refractivity contribution in [1.29, 1.82) is 0 Å². The SMILES string of the molecule is Cc1nc(/C=C/C(=O)N[C@@H](C)c2nnc3n2CCCCC3)cs1. The summed E-state index contributed by atoms with van der Waals surface area (Å²) in [5, 5.41) is 14.4. The van der Waals surface area contributed by atoms with Crippen LogP contribution in [0.25, 0.3) is 6.08 Å². The Hall–Kier alpha value is -2.02. The van der Waals surface area contributed by atoms with Crippen molar-refractivity contribution < 1.29 is 4.79 Å². The van der Waals surface area contributed by atoms with E-state index >= 15 is 0 Å². The number of aromatic nitrogens is 4. The Morgan fingerprint density at radius 3 is 3.04 bits per heavy atom. The molecule has 0 bridgehead atoms. The first-order chi connectivity index (χ1) is 11.1. The fourth-order valence-corrected chi connectivity index (χ4v) is 3.35. The van der Waals surface area contributed by atoms with Gasteiger partial charge in [-0.05, 0) is 32.8 Å². The van der Waals surface area contributed by atoms with Gasteiger partial charge in [-0.1, -0.05) is 6.42 Å². The summed E-state index contributed by atoms with van der Waals surface area (Å²) in [4.78, 5) is 16.4. The van der Waals surface area contributed by atoms with Crippen LogP contribution in [0.3, 0.4) is 0 Å². The molecule has 3 rings (SSSR count). The van der Waals surface area contributed by atoms with Gasteiger partial charge in [0.2, 0.25) is 5.91 Å². The number of rotatable bonds is 4. The van der Waals surface area contributed by atoms with E-state index in [-0.39, 0.29) is 11.9 Å². The highest BCUT2D eigenvalue weighted by atomic mass is 32.1. The van der Waals surface area contributed by atoms with E-state index in [2.05, 4.69) is 25.1 Å². The van der Waals surface area contributed by atoms with Gasteiger partial charge in [-0.3, -0.25) is 4.79 Å². The lowest BCUT2D eigenvalue weighted by Crippen LogP contribution is -2.27. The molecule has 1 N–H and O–H groups in total. The van der Waals surface area contributed by atoms with Crippen molar-refractivity contribution in [1.82, 2.24) is 25.1 Å². The van der Waals surface area contributed by atoms with E-state index in [0.717, 1.165) is 48.2 Å². The third kappa shape index (κ3) is 3.85. The van der Waals surface area contributed by atoms with Crippen LogP contribution in [0.1, 0.15) is 54.6 Å². The molecule has 1 atom stereocenters. The van der Waals surface area contributed by atoms with E-state index < -0.39 is 0 Å². The lowest BCUT2D eigenvalue weighted by Gasteiger charge is -2.14. The Labute approximate surface area is 139 Å². The molecule has 2 aromatic rings. The molecule has 23 heavy (non-hydrogen) atoms. The Kier molecular flexibility index (Phi) is 4.85. The number of thiazole rings is 1. The molecule has 0 unspecified atom stereocenters. The van der Waals surface area contributed by atoms with Crippen molar-refractivity contribution in [2.24, 2.45) is 0 Å². The number of carbonyl (C=O) groups is 1. The minimum atomic E-state index is -0.163. The van der Waals surface area contributed by atoms with Crippen LogP contribution < -0.4 is 5.32 Å². The number of amides is 1. The van der Waals surface area contributed by atoms with Crippen LogP contribution in [0, 0.1) is 6.92 Å². The topological polar surface area (TPSA) is 72.7 Å². The fourth-order valence-electron chi connectivity index (χ4n) is 2.77. The molecule has 0 radical (unpaired) electrons. The fraction of sp³-hybridized carbons (Fsp3) is 0.500. The lowest BCUT2D eigenvalue weighted by molar-refractivity contribution is -0.117. The minimum absolute atomic E-state index is 0.144.